The van der Waals surface area contributed by atoms with Crippen LogP contribution in [0.5, 0.6) is 0 Å². The maximum Gasteiger partial charge on any atom is 0.110 e. The third kappa shape index (κ3) is 3.60. The quantitative estimate of drug-likeness (QED) is 0.872. The number of hydrogen-bond acceptors (Lipinski definition) is 2. The van der Waals surface area contributed by atoms with Crippen molar-refractivity contribution in [1.29, 1.82) is 0 Å². The van der Waals surface area contributed by atoms with Gasteiger partial charge in [-0.2, -0.15) is 0 Å². The summed E-state index contributed by atoms with van der Waals surface area (Å²) in [7, 11) is 2.12. The van der Waals surface area contributed by atoms with Crippen LogP contribution in [0, 0.1) is 5.41 Å². The van der Waals surface area contributed by atoms with Gasteiger partial charge in [-0.1, -0.05) is 39.8 Å². The van der Waals surface area contributed by atoms with Gasteiger partial charge in [0.05, 0.1) is 11.0 Å². The largest absolute Gasteiger partial charge is 0.331 e. The molecule has 0 unspecified atom stereocenters. The van der Waals surface area contributed by atoms with Crippen LogP contribution in [-0.2, 0) is 13.5 Å². The van der Waals surface area contributed by atoms with Gasteiger partial charge in [0.2, 0.25) is 0 Å². The van der Waals surface area contributed by atoms with Crippen molar-refractivity contribution in [3.63, 3.8) is 0 Å². The first kappa shape index (κ1) is 15.0. The van der Waals surface area contributed by atoms with Crippen LogP contribution in [0.3, 0.4) is 0 Å². The molecule has 0 bridgehead atoms. The van der Waals surface area contributed by atoms with Crippen molar-refractivity contribution in [3.05, 3.63) is 30.1 Å². The molecule has 0 aliphatic carbocycles. The minimum atomic E-state index is 0.261. The van der Waals surface area contributed by atoms with Crippen LogP contribution < -0.4 is 5.32 Å². The van der Waals surface area contributed by atoms with Gasteiger partial charge in [0.25, 0.3) is 0 Å². The Hall–Kier alpha value is -1.35. The molecule has 0 spiro atoms. The Morgan fingerprint density at radius 3 is 2.60 bits per heavy atom. The van der Waals surface area contributed by atoms with E-state index in [1.807, 2.05) is 0 Å². The summed E-state index contributed by atoms with van der Waals surface area (Å²) in [6.07, 6.45) is 2.17. The topological polar surface area (TPSA) is 29.9 Å². The molecular formula is C17H27N3. The highest BCUT2D eigenvalue weighted by molar-refractivity contribution is 5.75. The zero-order chi connectivity index (χ0) is 14.8. The average Bonchev–Trinajstić information content (AvgIpc) is 2.65. The molecule has 0 saturated heterocycles. The highest BCUT2D eigenvalue weighted by Crippen LogP contribution is 2.26. The van der Waals surface area contributed by atoms with E-state index in [0.29, 0.717) is 6.04 Å². The molecule has 1 heterocycles. The number of nitrogens with one attached hydrogen (secondary N) is 1. The highest BCUT2D eigenvalue weighted by atomic mass is 15.1. The van der Waals surface area contributed by atoms with Gasteiger partial charge in [-0.25, -0.2) is 4.98 Å². The van der Waals surface area contributed by atoms with E-state index in [9.17, 15) is 0 Å². The molecule has 0 atom stereocenters. The predicted octanol–water partition coefficient (Wildman–Crippen LogP) is 3.53. The van der Waals surface area contributed by atoms with Crippen molar-refractivity contribution in [2.75, 3.05) is 6.54 Å². The predicted molar refractivity (Wildman–Crippen MR) is 86.0 cm³/mol. The summed E-state index contributed by atoms with van der Waals surface area (Å²) in [5, 5.41) is 3.50. The molecule has 3 nitrogen and oxygen atoms in total. The Bertz CT molecular complexity index is 567. The van der Waals surface area contributed by atoms with Gasteiger partial charge in [0.15, 0.2) is 0 Å². The molecule has 0 amide bonds. The van der Waals surface area contributed by atoms with Crippen molar-refractivity contribution in [3.8, 4) is 0 Å². The molecule has 0 saturated carbocycles. The SMILES string of the molecule is CC(C)NCCC(C)(C)Cc1nc2ccccc2n1C. The number of benzene rings is 1. The first-order valence-electron chi connectivity index (χ1n) is 7.53. The standard InChI is InChI=1S/C17H27N3/c1-13(2)18-11-10-17(3,4)12-16-19-14-8-6-7-9-15(14)20(16)5/h6-9,13,18H,10-12H2,1-5H3. The number of rotatable bonds is 6. The fourth-order valence-corrected chi connectivity index (χ4v) is 2.57. The van der Waals surface area contributed by atoms with E-state index in [-0.39, 0.29) is 5.41 Å². The Kier molecular flexibility index (Phi) is 4.48. The van der Waals surface area contributed by atoms with Crippen molar-refractivity contribution < 1.29 is 0 Å². The summed E-state index contributed by atoms with van der Waals surface area (Å²) in [5.41, 5.74) is 2.58. The van der Waals surface area contributed by atoms with Gasteiger partial charge in [0.1, 0.15) is 5.82 Å². The van der Waals surface area contributed by atoms with E-state index in [1.165, 1.54) is 11.3 Å². The molecule has 0 fully saturated rings. The van der Waals surface area contributed by atoms with Crippen LogP contribution in [0.25, 0.3) is 11.0 Å². The smallest absolute Gasteiger partial charge is 0.110 e. The number of fused-ring (bicyclic) bond motifs is 1. The molecule has 20 heavy (non-hydrogen) atoms. The second-order valence-corrected chi connectivity index (χ2v) is 6.78. The van der Waals surface area contributed by atoms with E-state index in [4.69, 9.17) is 4.98 Å². The maximum atomic E-state index is 4.78. The van der Waals surface area contributed by atoms with E-state index < -0.39 is 0 Å². The van der Waals surface area contributed by atoms with Crippen molar-refractivity contribution in [2.24, 2.45) is 12.5 Å². The molecule has 2 aromatic rings. The molecule has 2 rings (SSSR count). The van der Waals surface area contributed by atoms with Gasteiger partial charge in [-0.15, -0.1) is 0 Å². The Morgan fingerprint density at radius 1 is 1.25 bits per heavy atom. The molecule has 110 valence electrons. The van der Waals surface area contributed by atoms with Gasteiger partial charge in [-0.05, 0) is 30.5 Å². The Labute approximate surface area is 122 Å². The van der Waals surface area contributed by atoms with Gasteiger partial charge in [-0.3, -0.25) is 0 Å². The van der Waals surface area contributed by atoms with Crippen LogP contribution >= 0.6 is 0 Å². The minimum absolute atomic E-state index is 0.261. The van der Waals surface area contributed by atoms with Crippen LogP contribution in [0.4, 0.5) is 0 Å². The van der Waals surface area contributed by atoms with Crippen LogP contribution in [0.2, 0.25) is 0 Å². The zero-order valence-corrected chi connectivity index (χ0v) is 13.4. The van der Waals surface area contributed by atoms with Gasteiger partial charge in [0, 0.05) is 19.5 Å². The van der Waals surface area contributed by atoms with Gasteiger partial charge < -0.3 is 9.88 Å². The average molecular weight is 273 g/mol. The first-order valence-corrected chi connectivity index (χ1v) is 7.53. The highest BCUT2D eigenvalue weighted by Gasteiger charge is 2.21. The molecular weight excluding hydrogens is 246 g/mol. The fourth-order valence-electron chi connectivity index (χ4n) is 2.57. The molecule has 0 aliphatic rings. The second kappa shape index (κ2) is 5.96. The summed E-state index contributed by atoms with van der Waals surface area (Å²) in [6, 6.07) is 8.91. The maximum absolute atomic E-state index is 4.78. The molecule has 3 heteroatoms. The van der Waals surface area contributed by atoms with Crippen molar-refractivity contribution >= 4 is 11.0 Å². The molecule has 1 N–H and O–H groups in total. The second-order valence-electron chi connectivity index (χ2n) is 6.78. The number of aromatic nitrogens is 2. The summed E-state index contributed by atoms with van der Waals surface area (Å²) < 4.78 is 2.23. The zero-order valence-electron chi connectivity index (χ0n) is 13.4. The minimum Gasteiger partial charge on any atom is -0.331 e. The monoisotopic (exact) mass is 273 g/mol. The lowest BCUT2D eigenvalue weighted by Gasteiger charge is -2.25. The summed E-state index contributed by atoms with van der Waals surface area (Å²) in [5.74, 6) is 1.18. The third-order valence-electron chi connectivity index (χ3n) is 3.87. The normalized spacial score (nSPS) is 12.5. The van der Waals surface area contributed by atoms with E-state index in [0.717, 1.165) is 24.9 Å². The van der Waals surface area contributed by atoms with Crippen LogP contribution in [0.1, 0.15) is 39.9 Å². The van der Waals surface area contributed by atoms with Gasteiger partial charge >= 0.3 is 0 Å². The lowest BCUT2D eigenvalue weighted by molar-refractivity contribution is 0.312. The van der Waals surface area contributed by atoms with Crippen molar-refractivity contribution in [1.82, 2.24) is 14.9 Å². The molecule has 0 radical (unpaired) electrons. The van der Waals surface area contributed by atoms with E-state index in [1.54, 1.807) is 0 Å². The number of para-hydroxylation sites is 2. The Morgan fingerprint density at radius 2 is 1.95 bits per heavy atom. The lowest BCUT2D eigenvalue weighted by atomic mass is 9.85. The third-order valence-corrected chi connectivity index (χ3v) is 3.87. The summed E-state index contributed by atoms with van der Waals surface area (Å²) in [6.45, 7) is 10.1. The first-order chi connectivity index (χ1) is 9.39. The summed E-state index contributed by atoms with van der Waals surface area (Å²) >= 11 is 0. The number of nitrogens with zero attached hydrogens (tertiary/aromatic N) is 2. The lowest BCUT2D eigenvalue weighted by Crippen LogP contribution is -2.29. The summed E-state index contributed by atoms with van der Waals surface area (Å²) in [4.78, 5) is 4.78. The fraction of sp³-hybridized carbons (Fsp3) is 0.588. The number of aryl methyl sites for hydroxylation is 1. The van der Waals surface area contributed by atoms with E-state index >= 15 is 0 Å². The Balaban J connectivity index is 2.08. The van der Waals surface area contributed by atoms with Crippen LogP contribution in [0.15, 0.2) is 24.3 Å². The molecule has 1 aromatic carbocycles. The van der Waals surface area contributed by atoms with E-state index in [2.05, 4.69) is 68.9 Å². The van der Waals surface area contributed by atoms with Crippen molar-refractivity contribution in [2.45, 2.75) is 46.6 Å². The molecule has 0 aliphatic heterocycles. The number of hydrogen-bond donors (Lipinski definition) is 1. The number of imidazole rings is 1. The molecule has 1 aromatic heterocycles. The van der Waals surface area contributed by atoms with Crippen LogP contribution in [-0.4, -0.2) is 22.1 Å².